The minimum absolute atomic E-state index is 0.0495. The van der Waals surface area contributed by atoms with Gasteiger partial charge < -0.3 is 15.2 Å². The van der Waals surface area contributed by atoms with Gasteiger partial charge in [-0.05, 0) is 40.0 Å². The highest BCUT2D eigenvalue weighted by atomic mass is 16.5. The minimum atomic E-state index is -0.792. The van der Waals surface area contributed by atoms with Gasteiger partial charge in [0.2, 0.25) is 5.91 Å². The van der Waals surface area contributed by atoms with Gasteiger partial charge in [0.25, 0.3) is 0 Å². The molecule has 0 aromatic carbocycles. The Kier molecular flexibility index (Phi) is 5.14. The van der Waals surface area contributed by atoms with Crippen molar-refractivity contribution < 1.29 is 19.4 Å². The second kappa shape index (κ2) is 6.18. The fourth-order valence-electron chi connectivity index (χ4n) is 2.33. The van der Waals surface area contributed by atoms with Crippen LogP contribution >= 0.6 is 0 Å². The second-order valence-corrected chi connectivity index (χ2v) is 5.46. The number of amides is 1. The number of ether oxygens (including phenoxy) is 1. The second-order valence-electron chi connectivity index (χ2n) is 5.46. The molecule has 0 aliphatic heterocycles. The van der Waals surface area contributed by atoms with Gasteiger partial charge in [-0.15, -0.1) is 0 Å². The molecule has 2 atom stereocenters. The molecule has 0 bridgehead atoms. The molecule has 1 fully saturated rings. The Bertz CT molecular complexity index is 314. The summed E-state index contributed by atoms with van der Waals surface area (Å²) in [5.74, 6) is -1.37. The fourth-order valence-corrected chi connectivity index (χ4v) is 2.33. The van der Waals surface area contributed by atoms with Crippen molar-refractivity contribution >= 4 is 11.9 Å². The Hall–Kier alpha value is -1.10. The van der Waals surface area contributed by atoms with E-state index in [1.807, 2.05) is 20.8 Å². The van der Waals surface area contributed by atoms with E-state index < -0.39 is 5.97 Å². The topological polar surface area (TPSA) is 75.6 Å². The first-order chi connectivity index (χ1) is 8.35. The lowest BCUT2D eigenvalue weighted by Gasteiger charge is -2.25. The zero-order valence-electron chi connectivity index (χ0n) is 11.4. The van der Waals surface area contributed by atoms with Crippen LogP contribution in [0.5, 0.6) is 0 Å². The maximum absolute atomic E-state index is 11.9. The van der Waals surface area contributed by atoms with Gasteiger partial charge >= 0.3 is 5.97 Å². The average Bonchev–Trinajstić information content (AvgIpc) is 2.75. The zero-order valence-corrected chi connectivity index (χ0v) is 11.4. The summed E-state index contributed by atoms with van der Waals surface area (Å²) in [6.45, 7) is 6.82. The molecule has 1 amide bonds. The zero-order chi connectivity index (χ0) is 13.8. The van der Waals surface area contributed by atoms with E-state index in [2.05, 4.69) is 5.32 Å². The summed E-state index contributed by atoms with van der Waals surface area (Å²) in [6.07, 6.45) is 1.72. The van der Waals surface area contributed by atoms with Gasteiger partial charge in [-0.1, -0.05) is 0 Å². The minimum Gasteiger partial charge on any atom is -0.481 e. The van der Waals surface area contributed by atoms with Crippen LogP contribution in [0.25, 0.3) is 0 Å². The summed E-state index contributed by atoms with van der Waals surface area (Å²) in [7, 11) is 0. The van der Waals surface area contributed by atoms with Gasteiger partial charge in [-0.2, -0.15) is 0 Å². The monoisotopic (exact) mass is 257 g/mol. The van der Waals surface area contributed by atoms with Gasteiger partial charge in [0, 0.05) is 19.1 Å². The number of carbonyl (C=O) groups excluding carboxylic acids is 1. The summed E-state index contributed by atoms with van der Waals surface area (Å²) in [5.41, 5.74) is -0.380. The largest absolute Gasteiger partial charge is 0.481 e. The predicted molar refractivity (Wildman–Crippen MR) is 67.2 cm³/mol. The molecule has 5 heteroatoms. The van der Waals surface area contributed by atoms with Crippen molar-refractivity contribution in [2.75, 3.05) is 13.2 Å². The third-order valence-corrected chi connectivity index (χ3v) is 3.38. The summed E-state index contributed by atoms with van der Waals surface area (Å²) in [5, 5.41) is 11.7. The molecule has 1 aliphatic rings. The van der Waals surface area contributed by atoms with Crippen molar-refractivity contribution in [2.45, 2.75) is 45.6 Å². The molecule has 0 spiro atoms. The molecule has 0 saturated heterocycles. The molecule has 104 valence electrons. The Morgan fingerprint density at radius 1 is 1.33 bits per heavy atom. The van der Waals surface area contributed by atoms with Crippen LogP contribution in [0, 0.1) is 11.8 Å². The highest BCUT2D eigenvalue weighted by molar-refractivity contribution is 5.80. The van der Waals surface area contributed by atoms with E-state index in [0.29, 0.717) is 32.4 Å². The van der Waals surface area contributed by atoms with Gasteiger partial charge in [0.15, 0.2) is 0 Å². The highest BCUT2D eigenvalue weighted by Crippen LogP contribution is 2.31. The Labute approximate surface area is 108 Å². The lowest BCUT2D eigenvalue weighted by Crippen LogP contribution is -2.42. The smallest absolute Gasteiger partial charge is 0.306 e. The van der Waals surface area contributed by atoms with Gasteiger partial charge in [-0.25, -0.2) is 0 Å². The standard InChI is InChI=1S/C13H23NO4/c1-4-18-13(2,3)8-14-11(15)9-5-6-10(7-9)12(16)17/h9-10H,4-8H2,1-3H3,(H,14,15)(H,16,17). The Balaban J connectivity index is 2.36. The van der Waals surface area contributed by atoms with Crippen LogP contribution in [0.3, 0.4) is 0 Å². The Morgan fingerprint density at radius 3 is 2.44 bits per heavy atom. The van der Waals surface area contributed by atoms with Crippen LogP contribution in [0.15, 0.2) is 0 Å². The molecule has 18 heavy (non-hydrogen) atoms. The molecule has 0 radical (unpaired) electrons. The van der Waals surface area contributed by atoms with Crippen LogP contribution < -0.4 is 5.32 Å². The molecule has 1 rings (SSSR count). The van der Waals surface area contributed by atoms with Crippen molar-refractivity contribution in [3.05, 3.63) is 0 Å². The number of carbonyl (C=O) groups is 2. The number of aliphatic carboxylic acids is 1. The van der Waals surface area contributed by atoms with Crippen LogP contribution in [-0.2, 0) is 14.3 Å². The van der Waals surface area contributed by atoms with Crippen molar-refractivity contribution in [3.8, 4) is 0 Å². The van der Waals surface area contributed by atoms with Crippen molar-refractivity contribution in [2.24, 2.45) is 11.8 Å². The van der Waals surface area contributed by atoms with Crippen molar-refractivity contribution in [3.63, 3.8) is 0 Å². The first kappa shape index (κ1) is 15.0. The molecule has 0 aromatic rings. The molecule has 1 saturated carbocycles. The van der Waals surface area contributed by atoms with E-state index in [1.165, 1.54) is 0 Å². The van der Waals surface area contributed by atoms with Gasteiger partial charge in [0.1, 0.15) is 0 Å². The fraction of sp³-hybridized carbons (Fsp3) is 0.846. The van der Waals surface area contributed by atoms with Crippen LogP contribution in [0.4, 0.5) is 0 Å². The quantitative estimate of drug-likeness (QED) is 0.754. The van der Waals surface area contributed by atoms with Crippen LogP contribution in [0.1, 0.15) is 40.0 Å². The maximum Gasteiger partial charge on any atom is 0.306 e. The average molecular weight is 257 g/mol. The molecule has 0 heterocycles. The number of hydrogen-bond donors (Lipinski definition) is 2. The number of rotatable bonds is 6. The lowest BCUT2D eigenvalue weighted by atomic mass is 10.0. The van der Waals surface area contributed by atoms with E-state index in [-0.39, 0.29) is 23.3 Å². The van der Waals surface area contributed by atoms with Crippen LogP contribution in [-0.4, -0.2) is 35.7 Å². The third kappa shape index (κ3) is 4.29. The summed E-state index contributed by atoms with van der Waals surface area (Å²) in [6, 6.07) is 0. The number of carboxylic acids is 1. The van der Waals surface area contributed by atoms with E-state index in [4.69, 9.17) is 9.84 Å². The Morgan fingerprint density at radius 2 is 1.94 bits per heavy atom. The SMILES string of the molecule is CCOC(C)(C)CNC(=O)C1CCC(C(=O)O)C1. The first-order valence-corrected chi connectivity index (χ1v) is 6.50. The normalized spacial score (nSPS) is 23.9. The number of carboxylic acid groups (broad SMARTS) is 1. The lowest BCUT2D eigenvalue weighted by molar-refractivity contribution is -0.141. The van der Waals surface area contributed by atoms with Gasteiger partial charge in [0.05, 0.1) is 11.5 Å². The van der Waals surface area contributed by atoms with Crippen LogP contribution in [0.2, 0.25) is 0 Å². The third-order valence-electron chi connectivity index (χ3n) is 3.38. The molecular formula is C13H23NO4. The molecule has 0 aromatic heterocycles. The highest BCUT2D eigenvalue weighted by Gasteiger charge is 2.34. The number of nitrogens with one attached hydrogen (secondary N) is 1. The predicted octanol–water partition coefficient (Wildman–Crippen LogP) is 1.42. The number of hydrogen-bond acceptors (Lipinski definition) is 3. The maximum atomic E-state index is 11.9. The molecular weight excluding hydrogens is 234 g/mol. The molecule has 5 nitrogen and oxygen atoms in total. The van der Waals surface area contributed by atoms with Crippen molar-refractivity contribution in [1.29, 1.82) is 0 Å². The van der Waals surface area contributed by atoms with E-state index in [1.54, 1.807) is 0 Å². The summed E-state index contributed by atoms with van der Waals surface area (Å²) >= 11 is 0. The molecule has 2 unspecified atom stereocenters. The van der Waals surface area contributed by atoms with E-state index in [0.717, 1.165) is 0 Å². The summed E-state index contributed by atoms with van der Waals surface area (Å²) in [4.78, 5) is 22.7. The van der Waals surface area contributed by atoms with Crippen molar-refractivity contribution in [1.82, 2.24) is 5.32 Å². The molecule has 2 N–H and O–H groups in total. The van der Waals surface area contributed by atoms with Gasteiger partial charge in [-0.3, -0.25) is 9.59 Å². The summed E-state index contributed by atoms with van der Waals surface area (Å²) < 4.78 is 5.49. The van der Waals surface area contributed by atoms with E-state index >= 15 is 0 Å². The first-order valence-electron chi connectivity index (χ1n) is 6.50. The van der Waals surface area contributed by atoms with E-state index in [9.17, 15) is 9.59 Å². The molecule has 1 aliphatic carbocycles.